The average molecular weight is 441 g/mol. The fraction of sp³-hybridized carbons (Fsp3) is 0.0667. The molecule has 0 atom stereocenters. The number of fused-ring (bicyclic) bond motifs is 1. The van der Waals surface area contributed by atoms with Crippen LogP contribution >= 0.6 is 38.5 Å². The van der Waals surface area contributed by atoms with E-state index < -0.39 is 0 Å². The molecule has 1 aromatic heterocycles. The van der Waals surface area contributed by atoms with Gasteiger partial charge in [-0.25, -0.2) is 4.98 Å². The normalized spacial score (nSPS) is 10.9. The molecule has 0 aliphatic rings. The summed E-state index contributed by atoms with van der Waals surface area (Å²) in [7, 11) is 0. The third-order valence-electron chi connectivity index (χ3n) is 3.05. The Morgan fingerprint density at radius 3 is 2.65 bits per heavy atom. The fourth-order valence-electron chi connectivity index (χ4n) is 2.03. The minimum absolute atomic E-state index is 0.0129. The van der Waals surface area contributed by atoms with Crippen LogP contribution in [-0.4, -0.2) is 9.55 Å². The van der Waals surface area contributed by atoms with Gasteiger partial charge in [0.1, 0.15) is 0 Å². The summed E-state index contributed by atoms with van der Waals surface area (Å²) in [5.41, 5.74) is 1.79. The molecular weight excluding hydrogens is 431 g/mol. The van der Waals surface area contributed by atoms with E-state index in [9.17, 15) is 4.79 Å². The highest BCUT2D eigenvalue weighted by Gasteiger charge is 2.05. The lowest BCUT2D eigenvalue weighted by atomic mass is 10.2. The van der Waals surface area contributed by atoms with Gasteiger partial charge in [0.15, 0.2) is 0 Å². The van der Waals surface area contributed by atoms with E-state index in [2.05, 4.69) is 43.5 Å². The van der Waals surface area contributed by atoms with Crippen molar-refractivity contribution in [2.45, 2.75) is 6.54 Å². The topological polar surface area (TPSA) is 34.9 Å². The molecule has 0 fully saturated rings. The van der Waals surface area contributed by atoms with Gasteiger partial charge in [-0.15, -0.1) is 0 Å². The van der Waals surface area contributed by atoms with Crippen LogP contribution in [0.15, 0.2) is 58.1 Å². The van der Waals surface area contributed by atoms with Crippen molar-refractivity contribution in [1.82, 2.24) is 9.55 Å². The highest BCUT2D eigenvalue weighted by Crippen LogP contribution is 2.15. The van der Waals surface area contributed by atoms with Crippen LogP contribution in [0.3, 0.4) is 0 Å². The molecule has 2 aromatic carbocycles. The van der Waals surface area contributed by atoms with Gasteiger partial charge in [0.05, 0.1) is 23.8 Å². The van der Waals surface area contributed by atoms with Crippen LogP contribution in [0, 0.1) is 3.57 Å². The van der Waals surface area contributed by atoms with E-state index in [4.69, 9.17) is 0 Å². The van der Waals surface area contributed by atoms with Crippen LogP contribution in [-0.2, 0) is 6.54 Å². The minimum atomic E-state index is -0.0129. The highest BCUT2D eigenvalue weighted by atomic mass is 127. The van der Waals surface area contributed by atoms with Crippen molar-refractivity contribution < 1.29 is 0 Å². The summed E-state index contributed by atoms with van der Waals surface area (Å²) in [5, 5.41) is 0.640. The SMILES string of the molecule is O=c1c2ccc(Br)cc2ncn1Cc1ccc(I)cc1. The van der Waals surface area contributed by atoms with Crippen LogP contribution < -0.4 is 5.56 Å². The van der Waals surface area contributed by atoms with E-state index in [1.54, 1.807) is 17.0 Å². The van der Waals surface area contributed by atoms with E-state index in [1.807, 2.05) is 36.4 Å². The van der Waals surface area contributed by atoms with Gasteiger partial charge >= 0.3 is 0 Å². The molecule has 0 radical (unpaired) electrons. The maximum Gasteiger partial charge on any atom is 0.261 e. The lowest BCUT2D eigenvalue weighted by Crippen LogP contribution is -2.21. The molecule has 3 aromatic rings. The van der Waals surface area contributed by atoms with E-state index >= 15 is 0 Å². The van der Waals surface area contributed by atoms with Crippen LogP contribution in [0.5, 0.6) is 0 Å². The average Bonchev–Trinajstić information content (AvgIpc) is 2.44. The van der Waals surface area contributed by atoms with Gasteiger partial charge in [-0.2, -0.15) is 0 Å². The predicted molar refractivity (Wildman–Crippen MR) is 92.0 cm³/mol. The monoisotopic (exact) mass is 440 g/mol. The predicted octanol–water partition coefficient (Wildman–Crippen LogP) is 3.81. The van der Waals surface area contributed by atoms with Crippen LogP contribution in [0.25, 0.3) is 10.9 Å². The number of hydrogen-bond acceptors (Lipinski definition) is 2. The summed E-state index contributed by atoms with van der Waals surface area (Å²) in [4.78, 5) is 16.8. The van der Waals surface area contributed by atoms with E-state index in [1.165, 1.54) is 3.57 Å². The molecule has 0 unspecified atom stereocenters. The van der Waals surface area contributed by atoms with Crippen molar-refractivity contribution in [3.05, 3.63) is 72.8 Å². The Morgan fingerprint density at radius 1 is 1.15 bits per heavy atom. The van der Waals surface area contributed by atoms with Gasteiger partial charge in [0.25, 0.3) is 5.56 Å². The summed E-state index contributed by atoms with van der Waals surface area (Å²) in [5.74, 6) is 0. The van der Waals surface area contributed by atoms with E-state index in [-0.39, 0.29) is 5.56 Å². The molecule has 1 heterocycles. The molecule has 0 aliphatic heterocycles. The number of aromatic nitrogens is 2. The van der Waals surface area contributed by atoms with Gasteiger partial charge in [0.2, 0.25) is 0 Å². The van der Waals surface area contributed by atoms with Crippen molar-refractivity contribution in [2.75, 3.05) is 0 Å². The van der Waals surface area contributed by atoms with Crippen molar-refractivity contribution in [3.8, 4) is 0 Å². The Labute approximate surface area is 137 Å². The first-order chi connectivity index (χ1) is 9.63. The molecule has 3 rings (SSSR count). The number of rotatable bonds is 2. The summed E-state index contributed by atoms with van der Waals surface area (Å²) >= 11 is 5.65. The highest BCUT2D eigenvalue weighted by molar-refractivity contribution is 14.1. The molecular formula is C15H10BrIN2O. The summed E-state index contributed by atoms with van der Waals surface area (Å²) in [6.07, 6.45) is 1.61. The summed E-state index contributed by atoms with van der Waals surface area (Å²) < 4.78 is 3.74. The number of nitrogens with zero attached hydrogens (tertiary/aromatic N) is 2. The fourth-order valence-corrected chi connectivity index (χ4v) is 2.74. The van der Waals surface area contributed by atoms with Crippen molar-refractivity contribution in [2.24, 2.45) is 0 Å². The summed E-state index contributed by atoms with van der Waals surface area (Å²) in [6.45, 7) is 0.536. The Kier molecular flexibility index (Phi) is 3.89. The Bertz CT molecular complexity index is 827. The van der Waals surface area contributed by atoms with Crippen molar-refractivity contribution >= 4 is 49.4 Å². The molecule has 20 heavy (non-hydrogen) atoms. The molecule has 0 N–H and O–H groups in total. The number of benzene rings is 2. The molecule has 0 saturated heterocycles. The quantitative estimate of drug-likeness (QED) is 0.568. The maximum absolute atomic E-state index is 12.4. The standard InChI is InChI=1S/C15H10BrIN2O/c16-11-3-6-13-14(7-11)18-9-19(15(13)20)8-10-1-4-12(17)5-2-10/h1-7,9H,8H2. The van der Waals surface area contributed by atoms with Gasteiger partial charge in [-0.1, -0.05) is 28.1 Å². The minimum Gasteiger partial charge on any atom is -0.294 e. The molecule has 0 saturated carbocycles. The maximum atomic E-state index is 12.4. The van der Waals surface area contributed by atoms with E-state index in [0.29, 0.717) is 17.4 Å². The van der Waals surface area contributed by atoms with Crippen molar-refractivity contribution in [1.29, 1.82) is 0 Å². The zero-order valence-corrected chi connectivity index (χ0v) is 14.1. The third-order valence-corrected chi connectivity index (χ3v) is 4.27. The largest absolute Gasteiger partial charge is 0.294 e. The number of halogens is 2. The Hall–Kier alpha value is -1.21. The molecule has 5 heteroatoms. The second-order valence-electron chi connectivity index (χ2n) is 4.47. The molecule has 3 nitrogen and oxygen atoms in total. The second kappa shape index (κ2) is 5.65. The summed E-state index contributed by atoms with van der Waals surface area (Å²) in [6, 6.07) is 13.6. The van der Waals surface area contributed by atoms with Crippen LogP contribution in [0.4, 0.5) is 0 Å². The smallest absolute Gasteiger partial charge is 0.261 e. The third kappa shape index (κ3) is 2.78. The molecule has 100 valence electrons. The first-order valence-corrected chi connectivity index (χ1v) is 7.90. The van der Waals surface area contributed by atoms with Gasteiger partial charge in [-0.05, 0) is 58.5 Å². The van der Waals surface area contributed by atoms with Gasteiger partial charge in [0, 0.05) is 8.04 Å². The zero-order valence-electron chi connectivity index (χ0n) is 10.4. The van der Waals surface area contributed by atoms with Crippen molar-refractivity contribution in [3.63, 3.8) is 0 Å². The first kappa shape index (κ1) is 13.8. The zero-order chi connectivity index (χ0) is 14.1. The van der Waals surface area contributed by atoms with Gasteiger partial charge in [-0.3, -0.25) is 9.36 Å². The lowest BCUT2D eigenvalue weighted by Gasteiger charge is -2.07. The Balaban J connectivity index is 2.04. The first-order valence-electron chi connectivity index (χ1n) is 6.02. The van der Waals surface area contributed by atoms with E-state index in [0.717, 1.165) is 10.0 Å². The lowest BCUT2D eigenvalue weighted by molar-refractivity contribution is 0.748. The van der Waals surface area contributed by atoms with Crippen LogP contribution in [0.1, 0.15) is 5.56 Å². The van der Waals surface area contributed by atoms with Crippen LogP contribution in [0.2, 0.25) is 0 Å². The molecule has 0 bridgehead atoms. The second-order valence-corrected chi connectivity index (χ2v) is 6.63. The molecule has 0 spiro atoms. The number of hydrogen-bond donors (Lipinski definition) is 0. The molecule has 0 amide bonds. The van der Waals surface area contributed by atoms with Gasteiger partial charge < -0.3 is 0 Å². The molecule has 0 aliphatic carbocycles. The Morgan fingerprint density at radius 2 is 1.90 bits per heavy atom.